The van der Waals surface area contributed by atoms with Crippen LogP contribution in [0.3, 0.4) is 0 Å². The molecule has 0 amide bonds. The lowest BCUT2D eigenvalue weighted by molar-refractivity contribution is 0.101. The summed E-state index contributed by atoms with van der Waals surface area (Å²) in [5.41, 5.74) is 1.56. The molecule has 0 unspecified atom stereocenters. The van der Waals surface area contributed by atoms with Gasteiger partial charge in [0.1, 0.15) is 11.4 Å². The molecule has 0 aliphatic carbocycles. The molecule has 3 rings (SSSR count). The van der Waals surface area contributed by atoms with Crippen LogP contribution in [0.25, 0.3) is 0 Å². The average Bonchev–Trinajstić information content (AvgIpc) is 2.61. The number of Topliss-reactive ketones (excluding diaryl/α,β-unsaturated/α-hetero) is 1. The second kappa shape index (κ2) is 6.50. The third-order valence-electron chi connectivity index (χ3n) is 3.76. The summed E-state index contributed by atoms with van der Waals surface area (Å²) in [6.45, 7) is 1.93. The largest absolute Gasteiger partial charge is 0.376 e. The molecule has 0 saturated carbocycles. The first kappa shape index (κ1) is 15.7. The molecule has 0 aromatic heterocycles. The second-order valence-corrected chi connectivity index (χ2v) is 5.51. The highest BCUT2D eigenvalue weighted by Crippen LogP contribution is 2.22. The molecule has 0 saturated heterocycles. The summed E-state index contributed by atoms with van der Waals surface area (Å²) in [6, 6.07) is 16.4. The number of carbonyl (C=O) groups excluding carboxylic acids is 1. The van der Waals surface area contributed by atoms with Gasteiger partial charge in [-0.15, -0.1) is 0 Å². The van der Waals surface area contributed by atoms with E-state index in [2.05, 4.69) is 10.6 Å². The van der Waals surface area contributed by atoms with Crippen molar-refractivity contribution in [3.05, 3.63) is 86.2 Å². The van der Waals surface area contributed by atoms with Crippen LogP contribution in [0.2, 0.25) is 0 Å². The van der Waals surface area contributed by atoms with E-state index >= 15 is 0 Å². The van der Waals surface area contributed by atoms with Crippen LogP contribution in [0.5, 0.6) is 0 Å². The van der Waals surface area contributed by atoms with E-state index in [0.717, 1.165) is 5.56 Å². The number of benzene rings is 2. The SMILES string of the molecule is CC(=O)c1cccc(Nc2c(NCc3ccccc3)c(=O)c2=O)c1. The van der Waals surface area contributed by atoms with Crippen LogP contribution in [0.1, 0.15) is 22.8 Å². The molecule has 5 heteroatoms. The van der Waals surface area contributed by atoms with Gasteiger partial charge in [0.25, 0.3) is 10.9 Å². The van der Waals surface area contributed by atoms with Crippen LogP contribution in [0.4, 0.5) is 17.1 Å². The smallest absolute Gasteiger partial charge is 0.253 e. The number of hydrogen-bond donors (Lipinski definition) is 2. The van der Waals surface area contributed by atoms with E-state index in [4.69, 9.17) is 0 Å². The van der Waals surface area contributed by atoms with E-state index in [-0.39, 0.29) is 17.2 Å². The molecule has 0 radical (unpaired) electrons. The van der Waals surface area contributed by atoms with Crippen molar-refractivity contribution in [3.8, 4) is 0 Å². The van der Waals surface area contributed by atoms with Crippen molar-refractivity contribution in [2.45, 2.75) is 13.5 Å². The first-order valence-electron chi connectivity index (χ1n) is 7.55. The topological polar surface area (TPSA) is 75.3 Å². The fraction of sp³-hybridized carbons (Fsp3) is 0.105. The normalized spacial score (nSPS) is 10.5. The number of ketones is 1. The van der Waals surface area contributed by atoms with Crippen molar-refractivity contribution in [2.75, 3.05) is 10.6 Å². The van der Waals surface area contributed by atoms with Gasteiger partial charge in [-0.1, -0.05) is 42.5 Å². The number of nitrogens with one attached hydrogen (secondary N) is 2. The van der Waals surface area contributed by atoms with Gasteiger partial charge >= 0.3 is 0 Å². The van der Waals surface area contributed by atoms with Gasteiger partial charge in [-0.05, 0) is 24.6 Å². The number of rotatable bonds is 6. The van der Waals surface area contributed by atoms with Crippen LogP contribution in [0, 0.1) is 0 Å². The van der Waals surface area contributed by atoms with E-state index in [1.54, 1.807) is 24.3 Å². The van der Waals surface area contributed by atoms with Gasteiger partial charge in [-0.3, -0.25) is 14.4 Å². The summed E-state index contributed by atoms with van der Waals surface area (Å²) in [7, 11) is 0. The molecule has 3 aromatic carbocycles. The third kappa shape index (κ3) is 3.10. The van der Waals surface area contributed by atoms with Crippen LogP contribution < -0.4 is 21.5 Å². The Labute approximate surface area is 138 Å². The van der Waals surface area contributed by atoms with Crippen molar-refractivity contribution in [1.82, 2.24) is 0 Å². The zero-order valence-electron chi connectivity index (χ0n) is 13.1. The van der Waals surface area contributed by atoms with E-state index in [1.165, 1.54) is 6.92 Å². The quantitative estimate of drug-likeness (QED) is 0.539. The Kier molecular flexibility index (Phi) is 4.24. The van der Waals surface area contributed by atoms with E-state index in [1.807, 2.05) is 30.3 Å². The van der Waals surface area contributed by atoms with Crippen LogP contribution in [0.15, 0.2) is 64.2 Å². The minimum atomic E-state index is -0.557. The van der Waals surface area contributed by atoms with Gasteiger partial charge < -0.3 is 10.6 Å². The monoisotopic (exact) mass is 320 g/mol. The zero-order valence-corrected chi connectivity index (χ0v) is 13.1. The maximum atomic E-state index is 11.8. The van der Waals surface area contributed by atoms with Crippen LogP contribution >= 0.6 is 0 Å². The Hall–Kier alpha value is -3.21. The molecule has 0 fully saturated rings. The second-order valence-electron chi connectivity index (χ2n) is 5.51. The highest BCUT2D eigenvalue weighted by atomic mass is 16.2. The fourth-order valence-corrected chi connectivity index (χ4v) is 2.43. The summed E-state index contributed by atoms with van der Waals surface area (Å²) >= 11 is 0. The molecule has 120 valence electrons. The predicted molar refractivity (Wildman–Crippen MR) is 94.9 cm³/mol. The van der Waals surface area contributed by atoms with Gasteiger partial charge in [0.05, 0.1) is 0 Å². The lowest BCUT2D eigenvalue weighted by atomic mass is 10.1. The minimum absolute atomic E-state index is 0.0638. The van der Waals surface area contributed by atoms with E-state index < -0.39 is 10.9 Å². The van der Waals surface area contributed by atoms with Crippen molar-refractivity contribution >= 4 is 22.8 Å². The standard InChI is InChI=1S/C19H16N2O3/c1-12(22)14-8-5-9-15(10-14)21-17-16(18(23)19(17)24)20-11-13-6-3-2-4-7-13/h2-10,20-21H,11H2,1H3. The van der Waals surface area contributed by atoms with Crippen LogP contribution in [-0.4, -0.2) is 5.78 Å². The molecule has 24 heavy (non-hydrogen) atoms. The third-order valence-corrected chi connectivity index (χ3v) is 3.76. The number of carbonyl (C=O) groups is 1. The van der Waals surface area contributed by atoms with Crippen molar-refractivity contribution < 1.29 is 4.79 Å². The minimum Gasteiger partial charge on any atom is -0.376 e. The van der Waals surface area contributed by atoms with Gasteiger partial charge in [0.2, 0.25) is 0 Å². The highest BCUT2D eigenvalue weighted by molar-refractivity contribution is 5.95. The first-order chi connectivity index (χ1) is 11.6. The molecule has 0 heterocycles. The van der Waals surface area contributed by atoms with Gasteiger partial charge in [-0.2, -0.15) is 0 Å². The first-order valence-corrected chi connectivity index (χ1v) is 7.55. The van der Waals surface area contributed by atoms with Crippen molar-refractivity contribution in [2.24, 2.45) is 0 Å². The summed E-state index contributed by atoms with van der Waals surface area (Å²) in [4.78, 5) is 35.1. The molecule has 3 aromatic rings. The Morgan fingerprint density at radius 3 is 2.33 bits per heavy atom. The molecular weight excluding hydrogens is 304 g/mol. The Bertz CT molecular complexity index is 954. The summed E-state index contributed by atoms with van der Waals surface area (Å²) in [5, 5.41) is 5.94. The Morgan fingerprint density at radius 2 is 1.62 bits per heavy atom. The molecule has 0 aliphatic rings. The van der Waals surface area contributed by atoms with Crippen LogP contribution in [-0.2, 0) is 6.54 Å². The summed E-state index contributed by atoms with van der Waals surface area (Å²) in [6.07, 6.45) is 0. The van der Waals surface area contributed by atoms with E-state index in [0.29, 0.717) is 17.8 Å². The molecule has 5 nitrogen and oxygen atoms in total. The molecule has 0 bridgehead atoms. The van der Waals surface area contributed by atoms with Crippen molar-refractivity contribution in [3.63, 3.8) is 0 Å². The maximum absolute atomic E-state index is 11.8. The fourth-order valence-electron chi connectivity index (χ4n) is 2.43. The lowest BCUT2D eigenvalue weighted by Gasteiger charge is -2.15. The van der Waals surface area contributed by atoms with Gasteiger partial charge in [-0.25, -0.2) is 0 Å². The van der Waals surface area contributed by atoms with Gasteiger partial charge in [0.15, 0.2) is 5.78 Å². The average molecular weight is 320 g/mol. The molecular formula is C19H16N2O3. The molecule has 0 atom stereocenters. The summed E-state index contributed by atoms with van der Waals surface area (Å²) < 4.78 is 0. The number of hydrogen-bond acceptors (Lipinski definition) is 5. The summed E-state index contributed by atoms with van der Waals surface area (Å²) in [5.74, 6) is -0.0638. The predicted octanol–water partition coefficient (Wildman–Crippen LogP) is 2.84. The lowest BCUT2D eigenvalue weighted by Crippen LogP contribution is -2.36. The van der Waals surface area contributed by atoms with Crippen molar-refractivity contribution in [1.29, 1.82) is 0 Å². The van der Waals surface area contributed by atoms with Gasteiger partial charge in [0, 0.05) is 17.8 Å². The Balaban J connectivity index is 1.79. The maximum Gasteiger partial charge on any atom is 0.253 e. The number of anilines is 3. The molecule has 2 N–H and O–H groups in total. The highest BCUT2D eigenvalue weighted by Gasteiger charge is 2.20. The zero-order chi connectivity index (χ0) is 17.1. The Morgan fingerprint density at radius 1 is 0.917 bits per heavy atom. The van der Waals surface area contributed by atoms with E-state index in [9.17, 15) is 14.4 Å². The molecule has 0 aliphatic heterocycles. The molecule has 0 spiro atoms.